The van der Waals surface area contributed by atoms with Crippen molar-refractivity contribution in [3.63, 3.8) is 0 Å². The molecular formula is C11H18BrF2NO. The van der Waals surface area contributed by atoms with Gasteiger partial charge in [-0.1, -0.05) is 15.9 Å². The van der Waals surface area contributed by atoms with Crippen LogP contribution in [0.3, 0.4) is 0 Å². The van der Waals surface area contributed by atoms with Gasteiger partial charge in [0.1, 0.15) is 0 Å². The van der Waals surface area contributed by atoms with Crippen LogP contribution in [-0.2, 0) is 4.79 Å². The molecule has 0 aromatic carbocycles. The second kappa shape index (κ2) is 4.98. The molecule has 1 aliphatic rings. The van der Waals surface area contributed by atoms with Crippen molar-refractivity contribution in [1.82, 2.24) is 5.32 Å². The normalized spacial score (nSPS) is 21.8. The van der Waals surface area contributed by atoms with E-state index < -0.39 is 5.92 Å². The van der Waals surface area contributed by atoms with E-state index in [1.165, 1.54) is 0 Å². The van der Waals surface area contributed by atoms with E-state index in [9.17, 15) is 13.6 Å². The quantitative estimate of drug-likeness (QED) is 0.797. The van der Waals surface area contributed by atoms with Crippen LogP contribution in [0.5, 0.6) is 0 Å². The van der Waals surface area contributed by atoms with Gasteiger partial charge in [0.15, 0.2) is 0 Å². The summed E-state index contributed by atoms with van der Waals surface area (Å²) in [6.07, 6.45) is 0.244. The van der Waals surface area contributed by atoms with Gasteiger partial charge in [0.05, 0.1) is 0 Å². The van der Waals surface area contributed by atoms with Gasteiger partial charge in [0.2, 0.25) is 11.8 Å². The van der Waals surface area contributed by atoms with E-state index in [0.717, 1.165) is 0 Å². The molecule has 0 atom stereocenters. The average Bonchev–Trinajstić information content (AvgIpc) is 2.16. The molecule has 2 nitrogen and oxygen atoms in total. The summed E-state index contributed by atoms with van der Waals surface area (Å²) in [6.45, 7) is 3.80. The summed E-state index contributed by atoms with van der Waals surface area (Å²) in [4.78, 5) is 11.8. The molecule has 0 heterocycles. The molecule has 0 radical (unpaired) electrons. The lowest BCUT2D eigenvalue weighted by atomic mass is 9.86. The minimum Gasteiger partial charge on any atom is -0.350 e. The Morgan fingerprint density at radius 3 is 2.38 bits per heavy atom. The Kier molecular flexibility index (Phi) is 4.32. The maximum absolute atomic E-state index is 12.9. The molecule has 0 spiro atoms. The molecule has 1 N–H and O–H groups in total. The number of nitrogens with one attached hydrogen (secondary N) is 1. The Morgan fingerprint density at radius 2 is 1.94 bits per heavy atom. The molecule has 16 heavy (non-hydrogen) atoms. The molecule has 1 rings (SSSR count). The van der Waals surface area contributed by atoms with Crippen molar-refractivity contribution in [3.05, 3.63) is 0 Å². The number of hydrogen-bond acceptors (Lipinski definition) is 1. The SMILES string of the molecule is CC(C)(CBr)NC(=O)C1CCC(F)(F)CC1. The molecule has 0 saturated heterocycles. The van der Waals surface area contributed by atoms with Crippen LogP contribution in [0.15, 0.2) is 0 Å². The van der Waals surface area contributed by atoms with Crippen molar-refractivity contribution >= 4 is 21.8 Å². The summed E-state index contributed by atoms with van der Waals surface area (Å²) < 4.78 is 25.8. The molecule has 0 unspecified atom stereocenters. The van der Waals surface area contributed by atoms with Gasteiger partial charge in [-0.25, -0.2) is 8.78 Å². The van der Waals surface area contributed by atoms with E-state index >= 15 is 0 Å². The zero-order valence-corrected chi connectivity index (χ0v) is 11.2. The molecule has 5 heteroatoms. The standard InChI is InChI=1S/C11H18BrF2NO/c1-10(2,7-12)15-9(16)8-3-5-11(13,14)6-4-8/h8H,3-7H2,1-2H3,(H,15,16). The van der Waals surface area contributed by atoms with Crippen molar-refractivity contribution in [2.24, 2.45) is 5.92 Å². The molecular weight excluding hydrogens is 280 g/mol. The molecule has 1 amide bonds. The van der Waals surface area contributed by atoms with Crippen LogP contribution < -0.4 is 5.32 Å². The first-order valence-electron chi connectivity index (χ1n) is 5.52. The number of hydrogen-bond donors (Lipinski definition) is 1. The Balaban J connectivity index is 2.45. The molecule has 0 bridgehead atoms. The third kappa shape index (κ3) is 4.00. The van der Waals surface area contributed by atoms with Crippen molar-refractivity contribution in [3.8, 4) is 0 Å². The summed E-state index contributed by atoms with van der Waals surface area (Å²) >= 11 is 3.31. The van der Waals surface area contributed by atoms with Crippen molar-refractivity contribution in [2.45, 2.75) is 51.0 Å². The fourth-order valence-electron chi connectivity index (χ4n) is 1.77. The first kappa shape index (κ1) is 13.9. The predicted octanol–water partition coefficient (Wildman–Crippen LogP) is 3.10. The van der Waals surface area contributed by atoms with Crippen LogP contribution in [0.25, 0.3) is 0 Å². The number of rotatable bonds is 3. The summed E-state index contributed by atoms with van der Waals surface area (Å²) in [6, 6.07) is 0. The molecule has 0 aromatic heterocycles. The fourth-order valence-corrected chi connectivity index (χ4v) is 1.91. The van der Waals surface area contributed by atoms with Gasteiger partial charge < -0.3 is 5.32 Å². The first-order chi connectivity index (χ1) is 7.26. The van der Waals surface area contributed by atoms with E-state index in [0.29, 0.717) is 5.33 Å². The first-order valence-corrected chi connectivity index (χ1v) is 6.64. The van der Waals surface area contributed by atoms with E-state index in [4.69, 9.17) is 0 Å². The zero-order chi connectivity index (χ0) is 12.4. The number of carbonyl (C=O) groups excluding carboxylic acids is 1. The predicted molar refractivity (Wildman–Crippen MR) is 62.9 cm³/mol. The highest BCUT2D eigenvalue weighted by Gasteiger charge is 2.38. The van der Waals surface area contributed by atoms with Gasteiger partial charge in [-0.05, 0) is 26.7 Å². The van der Waals surface area contributed by atoms with Crippen LogP contribution in [0, 0.1) is 5.92 Å². The van der Waals surface area contributed by atoms with Crippen LogP contribution >= 0.6 is 15.9 Å². The van der Waals surface area contributed by atoms with Gasteiger partial charge in [0, 0.05) is 29.6 Å². The van der Waals surface area contributed by atoms with Crippen LogP contribution in [0.2, 0.25) is 0 Å². The second-order valence-electron chi connectivity index (χ2n) is 5.14. The summed E-state index contributed by atoms with van der Waals surface area (Å²) in [5, 5.41) is 3.52. The highest BCUT2D eigenvalue weighted by atomic mass is 79.9. The minimum absolute atomic E-state index is 0.0973. The lowest BCUT2D eigenvalue weighted by Gasteiger charge is -2.31. The molecule has 94 valence electrons. The average molecular weight is 298 g/mol. The van der Waals surface area contributed by atoms with Crippen LogP contribution in [0.1, 0.15) is 39.5 Å². The summed E-state index contributed by atoms with van der Waals surface area (Å²) in [5.41, 5.74) is -0.322. The number of halogens is 3. The zero-order valence-electron chi connectivity index (χ0n) is 9.66. The van der Waals surface area contributed by atoms with E-state index in [2.05, 4.69) is 21.2 Å². The Morgan fingerprint density at radius 1 is 1.44 bits per heavy atom. The molecule has 1 saturated carbocycles. The van der Waals surface area contributed by atoms with Gasteiger partial charge in [-0.3, -0.25) is 4.79 Å². The number of alkyl halides is 3. The van der Waals surface area contributed by atoms with Crippen molar-refractivity contribution < 1.29 is 13.6 Å². The fraction of sp³-hybridized carbons (Fsp3) is 0.909. The minimum atomic E-state index is -2.57. The third-order valence-electron chi connectivity index (χ3n) is 2.88. The van der Waals surface area contributed by atoms with Gasteiger partial charge in [-0.2, -0.15) is 0 Å². The van der Waals surface area contributed by atoms with E-state index in [-0.39, 0.29) is 43.0 Å². The maximum Gasteiger partial charge on any atom is 0.248 e. The smallest absolute Gasteiger partial charge is 0.248 e. The van der Waals surface area contributed by atoms with Crippen LogP contribution in [-0.4, -0.2) is 22.7 Å². The van der Waals surface area contributed by atoms with Gasteiger partial charge in [-0.15, -0.1) is 0 Å². The highest BCUT2D eigenvalue weighted by molar-refractivity contribution is 9.09. The maximum atomic E-state index is 12.9. The lowest BCUT2D eigenvalue weighted by molar-refractivity contribution is -0.130. The number of carbonyl (C=O) groups is 1. The topological polar surface area (TPSA) is 29.1 Å². The largest absolute Gasteiger partial charge is 0.350 e. The second-order valence-corrected chi connectivity index (χ2v) is 5.70. The van der Waals surface area contributed by atoms with Crippen LogP contribution in [0.4, 0.5) is 8.78 Å². The molecule has 1 aliphatic carbocycles. The lowest BCUT2D eigenvalue weighted by Crippen LogP contribution is -2.48. The molecule has 0 aromatic rings. The van der Waals surface area contributed by atoms with Crippen molar-refractivity contribution in [1.29, 1.82) is 0 Å². The Labute approximate surface area is 103 Å². The monoisotopic (exact) mass is 297 g/mol. The van der Waals surface area contributed by atoms with Gasteiger partial charge >= 0.3 is 0 Å². The van der Waals surface area contributed by atoms with Crippen molar-refractivity contribution in [2.75, 3.05) is 5.33 Å². The summed E-state index contributed by atoms with van der Waals surface area (Å²) in [7, 11) is 0. The molecule has 1 fully saturated rings. The van der Waals surface area contributed by atoms with E-state index in [1.54, 1.807) is 0 Å². The summed E-state index contributed by atoms with van der Waals surface area (Å²) in [5.74, 6) is -2.92. The Bertz CT molecular complexity index is 259. The third-order valence-corrected chi connectivity index (χ3v) is 4.29. The Hall–Kier alpha value is -0.190. The highest BCUT2D eigenvalue weighted by Crippen LogP contribution is 2.36. The van der Waals surface area contributed by atoms with Gasteiger partial charge in [0.25, 0.3) is 0 Å². The number of amides is 1. The van der Waals surface area contributed by atoms with E-state index in [1.807, 2.05) is 13.8 Å². The molecule has 0 aliphatic heterocycles.